The third-order valence-corrected chi connectivity index (χ3v) is 1.75. The summed E-state index contributed by atoms with van der Waals surface area (Å²) in [5, 5.41) is 13.7. The Kier molecular flexibility index (Phi) is 3.46. The van der Waals surface area contributed by atoms with Crippen molar-refractivity contribution in [2.75, 3.05) is 10.7 Å². The number of anilines is 2. The lowest BCUT2D eigenvalue weighted by molar-refractivity contribution is -0.384. The van der Waals surface area contributed by atoms with Gasteiger partial charge in [0.1, 0.15) is 0 Å². The quantitative estimate of drug-likeness (QED) is 0.399. The lowest BCUT2D eigenvalue weighted by Gasteiger charge is -2.11. The van der Waals surface area contributed by atoms with Gasteiger partial charge in [-0.05, 0) is 19.9 Å². The lowest BCUT2D eigenvalue weighted by Crippen LogP contribution is -2.12. The van der Waals surface area contributed by atoms with Gasteiger partial charge in [0.2, 0.25) is 0 Å². The summed E-state index contributed by atoms with van der Waals surface area (Å²) >= 11 is 0. The van der Waals surface area contributed by atoms with E-state index in [1.807, 2.05) is 13.8 Å². The number of hydrogen-bond acceptors (Lipinski definition) is 5. The number of hydrogen-bond donors (Lipinski definition) is 3. The van der Waals surface area contributed by atoms with Crippen LogP contribution in [0.25, 0.3) is 0 Å². The van der Waals surface area contributed by atoms with Gasteiger partial charge < -0.3 is 10.7 Å². The number of nitrogens with two attached hydrogens (primary N) is 1. The molecule has 0 aliphatic heterocycles. The Labute approximate surface area is 87.6 Å². The molecule has 1 aromatic carbocycles. The molecule has 0 unspecified atom stereocenters. The van der Waals surface area contributed by atoms with Crippen molar-refractivity contribution in [3.05, 3.63) is 28.3 Å². The standard InChI is InChI=1S/C9H14N4O2/c1-6(2)11-7-3-8(12-10)5-9(4-7)13(14)15/h3-6,11-12H,10H2,1-2H3. The normalized spacial score (nSPS) is 10.1. The number of benzene rings is 1. The van der Waals surface area contributed by atoms with Crippen molar-refractivity contribution in [1.82, 2.24) is 0 Å². The Morgan fingerprint density at radius 1 is 1.33 bits per heavy atom. The van der Waals surface area contributed by atoms with Crippen molar-refractivity contribution < 1.29 is 4.92 Å². The molecule has 0 amide bonds. The molecule has 82 valence electrons. The second-order valence-electron chi connectivity index (χ2n) is 3.47. The summed E-state index contributed by atoms with van der Waals surface area (Å²) < 4.78 is 0. The highest BCUT2D eigenvalue weighted by molar-refractivity contribution is 5.63. The molecule has 0 bridgehead atoms. The van der Waals surface area contributed by atoms with Crippen LogP contribution in [0, 0.1) is 10.1 Å². The Balaban J connectivity index is 3.05. The highest BCUT2D eigenvalue weighted by Crippen LogP contribution is 2.24. The van der Waals surface area contributed by atoms with Crippen LogP contribution in [0.15, 0.2) is 18.2 Å². The van der Waals surface area contributed by atoms with Gasteiger partial charge in [-0.25, -0.2) is 0 Å². The van der Waals surface area contributed by atoms with Crippen molar-refractivity contribution in [2.24, 2.45) is 5.84 Å². The molecule has 1 aromatic rings. The molecule has 0 aliphatic rings. The number of nitrogens with zero attached hydrogens (tertiary/aromatic N) is 1. The smallest absolute Gasteiger partial charge is 0.273 e. The molecule has 0 aromatic heterocycles. The molecule has 0 atom stereocenters. The average molecular weight is 210 g/mol. The van der Waals surface area contributed by atoms with Crippen LogP contribution in [0.2, 0.25) is 0 Å². The fourth-order valence-electron chi connectivity index (χ4n) is 1.22. The molecule has 0 spiro atoms. The highest BCUT2D eigenvalue weighted by atomic mass is 16.6. The van der Waals surface area contributed by atoms with Crippen LogP contribution in [0.1, 0.15) is 13.8 Å². The summed E-state index contributed by atoms with van der Waals surface area (Å²) in [6.45, 7) is 3.91. The molecular formula is C9H14N4O2. The molecule has 0 radical (unpaired) electrons. The third kappa shape index (κ3) is 3.10. The summed E-state index contributed by atoms with van der Waals surface area (Å²) in [5.41, 5.74) is 3.58. The lowest BCUT2D eigenvalue weighted by atomic mass is 10.2. The monoisotopic (exact) mass is 210 g/mol. The van der Waals surface area contributed by atoms with Crippen molar-refractivity contribution in [3.63, 3.8) is 0 Å². The molecule has 0 saturated carbocycles. The molecule has 6 heteroatoms. The Bertz CT molecular complexity index is 365. The summed E-state index contributed by atoms with van der Waals surface area (Å²) in [5.74, 6) is 5.22. The van der Waals surface area contributed by atoms with Gasteiger partial charge in [-0.2, -0.15) is 0 Å². The maximum Gasteiger partial charge on any atom is 0.273 e. The highest BCUT2D eigenvalue weighted by Gasteiger charge is 2.09. The second kappa shape index (κ2) is 4.61. The SMILES string of the molecule is CC(C)Nc1cc(NN)cc([N+](=O)[O-])c1. The summed E-state index contributed by atoms with van der Waals surface area (Å²) in [4.78, 5) is 10.2. The van der Waals surface area contributed by atoms with Gasteiger partial charge in [0.05, 0.1) is 10.6 Å². The molecule has 6 nitrogen and oxygen atoms in total. The van der Waals surface area contributed by atoms with Gasteiger partial charge in [-0.3, -0.25) is 16.0 Å². The van der Waals surface area contributed by atoms with Gasteiger partial charge in [-0.15, -0.1) is 0 Å². The number of rotatable bonds is 4. The molecule has 15 heavy (non-hydrogen) atoms. The number of nitrogen functional groups attached to an aromatic ring is 1. The topological polar surface area (TPSA) is 93.2 Å². The number of nitro groups is 1. The number of hydrazine groups is 1. The molecule has 1 rings (SSSR count). The molecule has 0 saturated heterocycles. The van der Waals surface area contributed by atoms with E-state index in [2.05, 4.69) is 10.7 Å². The Morgan fingerprint density at radius 2 is 1.93 bits per heavy atom. The van der Waals surface area contributed by atoms with Gasteiger partial charge in [0, 0.05) is 23.9 Å². The zero-order valence-electron chi connectivity index (χ0n) is 8.65. The summed E-state index contributed by atoms with van der Waals surface area (Å²) in [6, 6.07) is 4.77. The average Bonchev–Trinajstić information content (AvgIpc) is 2.16. The van der Waals surface area contributed by atoms with Gasteiger partial charge in [0.15, 0.2) is 0 Å². The Morgan fingerprint density at radius 3 is 2.40 bits per heavy atom. The van der Waals surface area contributed by atoms with Crippen LogP contribution < -0.4 is 16.6 Å². The number of nitrogens with one attached hydrogen (secondary N) is 2. The van der Waals surface area contributed by atoms with E-state index < -0.39 is 4.92 Å². The van der Waals surface area contributed by atoms with Crippen LogP contribution in [0.5, 0.6) is 0 Å². The minimum atomic E-state index is -0.452. The predicted octanol–water partition coefficient (Wildman–Crippen LogP) is 1.70. The van der Waals surface area contributed by atoms with E-state index in [-0.39, 0.29) is 11.7 Å². The van der Waals surface area contributed by atoms with E-state index in [0.717, 1.165) is 0 Å². The fraction of sp³-hybridized carbons (Fsp3) is 0.333. The second-order valence-corrected chi connectivity index (χ2v) is 3.47. The van der Waals surface area contributed by atoms with E-state index in [4.69, 9.17) is 5.84 Å². The first kappa shape index (κ1) is 11.3. The number of non-ortho nitro benzene ring substituents is 1. The van der Waals surface area contributed by atoms with Gasteiger partial charge in [-0.1, -0.05) is 0 Å². The van der Waals surface area contributed by atoms with Crippen LogP contribution in [0.4, 0.5) is 17.1 Å². The minimum absolute atomic E-state index is 0.00796. The zero-order chi connectivity index (χ0) is 11.4. The first-order valence-electron chi connectivity index (χ1n) is 4.55. The number of nitro benzene ring substituents is 1. The van der Waals surface area contributed by atoms with E-state index >= 15 is 0 Å². The van der Waals surface area contributed by atoms with Crippen molar-refractivity contribution in [3.8, 4) is 0 Å². The summed E-state index contributed by atoms with van der Waals surface area (Å²) in [6.07, 6.45) is 0. The van der Waals surface area contributed by atoms with Gasteiger partial charge in [0.25, 0.3) is 5.69 Å². The van der Waals surface area contributed by atoms with Gasteiger partial charge >= 0.3 is 0 Å². The van der Waals surface area contributed by atoms with Crippen LogP contribution >= 0.6 is 0 Å². The van der Waals surface area contributed by atoms with Crippen LogP contribution in [-0.2, 0) is 0 Å². The summed E-state index contributed by atoms with van der Waals surface area (Å²) in [7, 11) is 0. The molecule has 0 fully saturated rings. The molecule has 4 N–H and O–H groups in total. The molecule has 0 heterocycles. The maximum atomic E-state index is 10.6. The molecular weight excluding hydrogens is 196 g/mol. The Hall–Kier alpha value is -1.82. The first-order chi connectivity index (χ1) is 7.02. The third-order valence-electron chi connectivity index (χ3n) is 1.75. The fourth-order valence-corrected chi connectivity index (χ4v) is 1.22. The van der Waals surface area contributed by atoms with Crippen molar-refractivity contribution in [1.29, 1.82) is 0 Å². The van der Waals surface area contributed by atoms with E-state index in [1.54, 1.807) is 6.07 Å². The van der Waals surface area contributed by atoms with E-state index in [1.165, 1.54) is 12.1 Å². The zero-order valence-corrected chi connectivity index (χ0v) is 8.65. The minimum Gasteiger partial charge on any atom is -0.383 e. The van der Waals surface area contributed by atoms with Crippen LogP contribution in [-0.4, -0.2) is 11.0 Å². The van der Waals surface area contributed by atoms with Crippen LogP contribution in [0.3, 0.4) is 0 Å². The predicted molar refractivity (Wildman–Crippen MR) is 59.7 cm³/mol. The first-order valence-corrected chi connectivity index (χ1v) is 4.55. The van der Waals surface area contributed by atoms with E-state index in [0.29, 0.717) is 11.4 Å². The van der Waals surface area contributed by atoms with E-state index in [9.17, 15) is 10.1 Å². The van der Waals surface area contributed by atoms with Crippen molar-refractivity contribution >= 4 is 17.1 Å². The largest absolute Gasteiger partial charge is 0.383 e. The van der Waals surface area contributed by atoms with Crippen molar-refractivity contribution in [2.45, 2.75) is 19.9 Å². The maximum absolute atomic E-state index is 10.6. The molecule has 0 aliphatic carbocycles.